The van der Waals surface area contributed by atoms with Gasteiger partial charge < -0.3 is 23.6 Å². The molecule has 30 heavy (non-hydrogen) atoms. The van der Waals surface area contributed by atoms with E-state index < -0.39 is 0 Å². The third kappa shape index (κ3) is 3.80. The molecule has 0 radical (unpaired) electrons. The lowest BCUT2D eigenvalue weighted by Gasteiger charge is -2.17. The van der Waals surface area contributed by atoms with Crippen molar-refractivity contribution in [3.05, 3.63) is 53.9 Å². The highest BCUT2D eigenvalue weighted by molar-refractivity contribution is 5.79. The lowest BCUT2D eigenvalue weighted by atomic mass is 10.1. The number of likely N-dealkylation sites (tertiary alicyclic amines) is 1. The van der Waals surface area contributed by atoms with E-state index in [2.05, 4.69) is 10.1 Å². The largest absolute Gasteiger partial charge is 0.496 e. The zero-order chi connectivity index (χ0) is 21.1. The molecule has 1 fully saturated rings. The van der Waals surface area contributed by atoms with Crippen LogP contribution in [0.2, 0.25) is 0 Å². The number of benzene rings is 2. The van der Waals surface area contributed by atoms with Gasteiger partial charge in [-0.1, -0.05) is 23.4 Å². The first kappa shape index (κ1) is 19.8. The van der Waals surface area contributed by atoms with Crippen LogP contribution in [0, 0.1) is 0 Å². The lowest BCUT2D eigenvalue weighted by Crippen LogP contribution is -2.24. The lowest BCUT2D eigenvalue weighted by molar-refractivity contribution is -0.128. The molecule has 0 spiro atoms. The number of amides is 1. The third-order valence-corrected chi connectivity index (χ3v) is 5.17. The van der Waals surface area contributed by atoms with Crippen LogP contribution in [0.15, 0.2) is 47.0 Å². The summed E-state index contributed by atoms with van der Waals surface area (Å²) in [5.41, 5.74) is 1.71. The number of methoxy groups -OCH3 is 3. The Kier molecular flexibility index (Phi) is 5.56. The molecule has 0 N–H and O–H groups in total. The van der Waals surface area contributed by atoms with E-state index in [1.54, 1.807) is 26.2 Å². The summed E-state index contributed by atoms with van der Waals surface area (Å²) in [6.45, 7) is 0.990. The normalized spacial score (nSPS) is 16.0. The summed E-state index contributed by atoms with van der Waals surface area (Å²) in [6.07, 6.45) is 0.334. The van der Waals surface area contributed by atoms with Gasteiger partial charge in [-0.3, -0.25) is 4.79 Å². The van der Waals surface area contributed by atoms with Gasteiger partial charge in [-0.15, -0.1) is 0 Å². The second-order valence-electron chi connectivity index (χ2n) is 7.02. The van der Waals surface area contributed by atoms with Crippen molar-refractivity contribution in [2.24, 2.45) is 0 Å². The van der Waals surface area contributed by atoms with E-state index in [1.165, 1.54) is 0 Å². The Morgan fingerprint density at radius 1 is 1.03 bits per heavy atom. The van der Waals surface area contributed by atoms with Crippen molar-refractivity contribution in [3.63, 3.8) is 0 Å². The van der Waals surface area contributed by atoms with Crippen LogP contribution in [0.1, 0.15) is 23.8 Å². The first-order chi connectivity index (χ1) is 14.6. The predicted molar refractivity (Wildman–Crippen MR) is 109 cm³/mol. The number of rotatable bonds is 7. The molecule has 1 unspecified atom stereocenters. The van der Waals surface area contributed by atoms with Crippen molar-refractivity contribution in [2.75, 3.05) is 27.9 Å². The molecule has 1 amide bonds. The average Bonchev–Trinajstić information content (AvgIpc) is 3.41. The SMILES string of the molecule is COc1ccc(CN2CC(c3nc(-c4ccccc4OC)no3)CC2=O)cc1OC. The fraction of sp³-hybridized carbons (Fsp3) is 0.318. The third-order valence-electron chi connectivity index (χ3n) is 5.17. The first-order valence-electron chi connectivity index (χ1n) is 9.58. The summed E-state index contributed by atoms with van der Waals surface area (Å²) in [7, 11) is 4.78. The zero-order valence-electron chi connectivity index (χ0n) is 17.1. The molecule has 156 valence electrons. The van der Waals surface area contributed by atoms with E-state index in [1.807, 2.05) is 42.5 Å². The van der Waals surface area contributed by atoms with Crippen LogP contribution in [0.5, 0.6) is 17.2 Å². The van der Waals surface area contributed by atoms with Crippen LogP contribution in [0.4, 0.5) is 0 Å². The van der Waals surface area contributed by atoms with Gasteiger partial charge in [0.15, 0.2) is 11.5 Å². The minimum Gasteiger partial charge on any atom is -0.496 e. The van der Waals surface area contributed by atoms with Crippen LogP contribution in [0.3, 0.4) is 0 Å². The molecule has 8 nitrogen and oxygen atoms in total. The van der Waals surface area contributed by atoms with Crippen LogP contribution in [0.25, 0.3) is 11.4 Å². The van der Waals surface area contributed by atoms with E-state index in [-0.39, 0.29) is 11.8 Å². The standard InChI is InChI=1S/C22H23N3O5/c1-27-17-7-5-4-6-16(17)21-23-22(30-24-21)15-11-20(26)25(13-15)12-14-8-9-18(28-2)19(10-14)29-3/h4-10,15H,11-13H2,1-3H3. The highest BCUT2D eigenvalue weighted by Crippen LogP contribution is 2.33. The topological polar surface area (TPSA) is 86.9 Å². The van der Waals surface area contributed by atoms with E-state index in [9.17, 15) is 4.79 Å². The summed E-state index contributed by atoms with van der Waals surface area (Å²) in [5, 5.41) is 4.09. The summed E-state index contributed by atoms with van der Waals surface area (Å²) in [5.74, 6) is 2.77. The maximum absolute atomic E-state index is 12.6. The van der Waals surface area contributed by atoms with Crippen molar-refractivity contribution >= 4 is 5.91 Å². The number of para-hydroxylation sites is 1. The summed E-state index contributed by atoms with van der Waals surface area (Å²) in [6, 6.07) is 13.1. The van der Waals surface area contributed by atoms with Crippen LogP contribution < -0.4 is 14.2 Å². The molecule has 0 bridgehead atoms. The van der Waals surface area contributed by atoms with E-state index in [0.29, 0.717) is 48.5 Å². The summed E-state index contributed by atoms with van der Waals surface area (Å²) >= 11 is 0. The van der Waals surface area contributed by atoms with Crippen molar-refractivity contribution in [1.82, 2.24) is 15.0 Å². The van der Waals surface area contributed by atoms with Gasteiger partial charge in [0.2, 0.25) is 17.6 Å². The fourth-order valence-corrected chi connectivity index (χ4v) is 3.63. The molecule has 8 heteroatoms. The minimum atomic E-state index is -0.145. The molecule has 2 heterocycles. The summed E-state index contributed by atoms with van der Waals surface area (Å²) in [4.78, 5) is 18.9. The van der Waals surface area contributed by atoms with Gasteiger partial charge in [0.05, 0.1) is 32.8 Å². The van der Waals surface area contributed by atoms with Gasteiger partial charge in [-0.2, -0.15) is 4.98 Å². The molecule has 1 aliphatic rings. The highest BCUT2D eigenvalue weighted by atomic mass is 16.5. The molecule has 1 aromatic heterocycles. The number of aromatic nitrogens is 2. The molecule has 1 saturated heterocycles. The molecule has 1 aliphatic heterocycles. The Morgan fingerprint density at radius 2 is 1.80 bits per heavy atom. The number of carbonyl (C=O) groups is 1. The van der Waals surface area contributed by atoms with Gasteiger partial charge in [-0.05, 0) is 29.8 Å². The van der Waals surface area contributed by atoms with Crippen LogP contribution in [-0.4, -0.2) is 48.8 Å². The van der Waals surface area contributed by atoms with Crippen LogP contribution in [-0.2, 0) is 11.3 Å². The molecule has 0 saturated carbocycles. The molecule has 1 atom stereocenters. The van der Waals surface area contributed by atoms with Gasteiger partial charge >= 0.3 is 0 Å². The average molecular weight is 409 g/mol. The Bertz CT molecular complexity index is 1050. The smallest absolute Gasteiger partial charge is 0.232 e. The van der Waals surface area contributed by atoms with Crippen molar-refractivity contribution < 1.29 is 23.5 Å². The second-order valence-corrected chi connectivity index (χ2v) is 7.02. The number of hydrogen-bond donors (Lipinski definition) is 0. The van der Waals surface area contributed by atoms with E-state index >= 15 is 0 Å². The molecule has 4 rings (SSSR count). The molecule has 0 aliphatic carbocycles. The molecular weight excluding hydrogens is 386 g/mol. The maximum atomic E-state index is 12.6. The molecule has 3 aromatic rings. The summed E-state index contributed by atoms with van der Waals surface area (Å²) < 4.78 is 21.5. The van der Waals surface area contributed by atoms with Gasteiger partial charge in [0.1, 0.15) is 5.75 Å². The van der Waals surface area contributed by atoms with Gasteiger partial charge in [-0.25, -0.2) is 0 Å². The predicted octanol–water partition coefficient (Wildman–Crippen LogP) is 3.28. The first-order valence-corrected chi connectivity index (χ1v) is 9.58. The molecular formula is C22H23N3O5. The van der Waals surface area contributed by atoms with Crippen LogP contribution >= 0.6 is 0 Å². The Balaban J connectivity index is 1.49. The quantitative estimate of drug-likeness (QED) is 0.592. The van der Waals surface area contributed by atoms with E-state index in [4.69, 9.17) is 18.7 Å². The molecule has 2 aromatic carbocycles. The van der Waals surface area contributed by atoms with Gasteiger partial charge in [0.25, 0.3) is 0 Å². The Hall–Kier alpha value is -3.55. The van der Waals surface area contributed by atoms with E-state index in [0.717, 1.165) is 11.1 Å². The number of nitrogens with zero attached hydrogens (tertiary/aromatic N) is 3. The van der Waals surface area contributed by atoms with Gasteiger partial charge in [0, 0.05) is 19.5 Å². The highest BCUT2D eigenvalue weighted by Gasteiger charge is 2.34. The minimum absolute atomic E-state index is 0.0480. The maximum Gasteiger partial charge on any atom is 0.232 e. The van der Waals surface area contributed by atoms with Crippen molar-refractivity contribution in [3.8, 4) is 28.6 Å². The van der Waals surface area contributed by atoms with Crippen molar-refractivity contribution in [2.45, 2.75) is 18.9 Å². The monoisotopic (exact) mass is 409 g/mol. The number of ether oxygens (including phenoxy) is 3. The fourth-order valence-electron chi connectivity index (χ4n) is 3.63. The number of carbonyl (C=O) groups excluding carboxylic acids is 1. The Labute approximate surface area is 174 Å². The zero-order valence-corrected chi connectivity index (χ0v) is 17.1. The number of hydrogen-bond acceptors (Lipinski definition) is 7. The van der Waals surface area contributed by atoms with Crippen molar-refractivity contribution in [1.29, 1.82) is 0 Å². The second kappa shape index (κ2) is 8.44. The Morgan fingerprint density at radius 3 is 2.57 bits per heavy atom.